The zero-order chi connectivity index (χ0) is 14.8. The normalized spacial score (nSPS) is 10.9. The maximum Gasteiger partial charge on any atom is 0.335 e. The third-order valence-corrected chi connectivity index (χ3v) is 3.34. The lowest BCUT2D eigenvalue weighted by molar-refractivity contribution is 0.0697. The van der Waals surface area contributed by atoms with E-state index in [0.717, 1.165) is 5.69 Å². The second kappa shape index (κ2) is 5.24. The number of nitrogens with zero attached hydrogens (tertiary/aromatic N) is 2. The molecular weight excluding hydrogens is 270 g/mol. The lowest BCUT2D eigenvalue weighted by atomic mass is 10.2. The molecule has 0 aliphatic carbocycles. The number of aromatic carboxylic acids is 1. The Morgan fingerprint density at radius 2 is 2.14 bits per heavy atom. The summed E-state index contributed by atoms with van der Waals surface area (Å²) in [4.78, 5) is 30.0. The number of imidazole rings is 1. The number of aromatic nitrogens is 3. The smallest absolute Gasteiger partial charge is 0.335 e. The van der Waals surface area contributed by atoms with Gasteiger partial charge in [0.15, 0.2) is 0 Å². The highest BCUT2D eigenvalue weighted by atomic mass is 16.4. The summed E-state index contributed by atoms with van der Waals surface area (Å²) in [6.45, 7) is 0.443. The van der Waals surface area contributed by atoms with Crippen molar-refractivity contribution in [3.8, 4) is 0 Å². The third-order valence-electron chi connectivity index (χ3n) is 3.34. The largest absolute Gasteiger partial charge is 0.478 e. The van der Waals surface area contributed by atoms with E-state index >= 15 is 0 Å². The van der Waals surface area contributed by atoms with Gasteiger partial charge in [0, 0.05) is 24.9 Å². The van der Waals surface area contributed by atoms with E-state index in [9.17, 15) is 9.59 Å². The minimum Gasteiger partial charge on any atom is -0.478 e. The van der Waals surface area contributed by atoms with Gasteiger partial charge in [-0.15, -0.1) is 0 Å². The Hall–Kier alpha value is -2.89. The number of carbonyl (C=O) groups is 1. The lowest BCUT2D eigenvalue weighted by Gasteiger charge is -2.04. The van der Waals surface area contributed by atoms with Gasteiger partial charge in [-0.25, -0.2) is 9.59 Å². The van der Waals surface area contributed by atoms with E-state index in [-0.39, 0.29) is 11.3 Å². The fourth-order valence-electron chi connectivity index (χ4n) is 2.28. The van der Waals surface area contributed by atoms with Crippen molar-refractivity contribution in [1.29, 1.82) is 0 Å². The number of H-pyrrole nitrogens is 1. The van der Waals surface area contributed by atoms with Crippen molar-refractivity contribution in [3.05, 3.63) is 64.3 Å². The number of carboxylic acid groups (broad SMARTS) is 1. The van der Waals surface area contributed by atoms with Gasteiger partial charge >= 0.3 is 11.7 Å². The Bertz CT molecular complexity index is 849. The Kier molecular flexibility index (Phi) is 3.27. The van der Waals surface area contributed by atoms with Crippen LogP contribution in [-0.2, 0) is 13.0 Å². The second-order valence-electron chi connectivity index (χ2n) is 4.69. The first-order valence-corrected chi connectivity index (χ1v) is 6.51. The highest BCUT2D eigenvalue weighted by Crippen LogP contribution is 2.13. The van der Waals surface area contributed by atoms with Crippen LogP contribution in [0.5, 0.6) is 0 Å². The van der Waals surface area contributed by atoms with E-state index in [1.54, 1.807) is 12.3 Å². The molecule has 0 amide bonds. The molecule has 1 aromatic carbocycles. The molecule has 0 fully saturated rings. The number of carboxylic acids is 1. The summed E-state index contributed by atoms with van der Waals surface area (Å²) >= 11 is 0. The van der Waals surface area contributed by atoms with Crippen LogP contribution in [0.4, 0.5) is 0 Å². The number of benzene rings is 1. The van der Waals surface area contributed by atoms with Crippen molar-refractivity contribution in [2.75, 3.05) is 0 Å². The first-order valence-electron chi connectivity index (χ1n) is 6.51. The standard InChI is InChI=1S/C15H13N3O3/c19-14(20)10-4-5-12-13(9-10)18(15(21)17-12)8-6-11-3-1-2-7-16-11/h1-5,7,9H,6,8H2,(H,17,21)(H,19,20). The molecule has 0 aliphatic rings. The summed E-state index contributed by atoms with van der Waals surface area (Å²) in [5, 5.41) is 9.04. The fraction of sp³-hybridized carbons (Fsp3) is 0.133. The van der Waals surface area contributed by atoms with Crippen LogP contribution in [0, 0.1) is 0 Å². The number of aromatic amines is 1. The highest BCUT2D eigenvalue weighted by molar-refractivity contribution is 5.92. The second-order valence-corrected chi connectivity index (χ2v) is 4.69. The topological polar surface area (TPSA) is 88.0 Å². The molecule has 0 aliphatic heterocycles. The SMILES string of the molecule is O=C(O)c1ccc2[nH]c(=O)n(CCc3ccccn3)c2c1. The van der Waals surface area contributed by atoms with Crippen LogP contribution in [0.3, 0.4) is 0 Å². The number of fused-ring (bicyclic) bond motifs is 1. The minimum atomic E-state index is -1.01. The number of hydrogen-bond acceptors (Lipinski definition) is 3. The van der Waals surface area contributed by atoms with Crippen molar-refractivity contribution in [1.82, 2.24) is 14.5 Å². The Morgan fingerprint density at radius 1 is 1.29 bits per heavy atom. The minimum absolute atomic E-state index is 0.160. The van der Waals surface area contributed by atoms with Gasteiger partial charge in [-0.05, 0) is 30.3 Å². The zero-order valence-electron chi connectivity index (χ0n) is 11.1. The van der Waals surface area contributed by atoms with Gasteiger partial charge < -0.3 is 10.1 Å². The molecule has 2 heterocycles. The number of pyridine rings is 1. The van der Waals surface area contributed by atoms with Gasteiger partial charge in [0.2, 0.25) is 0 Å². The molecule has 0 atom stereocenters. The molecule has 6 nitrogen and oxygen atoms in total. The first-order chi connectivity index (χ1) is 10.1. The van der Waals surface area contributed by atoms with Gasteiger partial charge in [0.05, 0.1) is 16.6 Å². The summed E-state index contributed by atoms with van der Waals surface area (Å²) in [6.07, 6.45) is 2.31. The molecule has 2 N–H and O–H groups in total. The average Bonchev–Trinajstić information content (AvgIpc) is 2.80. The average molecular weight is 283 g/mol. The Morgan fingerprint density at radius 3 is 2.86 bits per heavy atom. The van der Waals surface area contributed by atoms with E-state index in [2.05, 4.69) is 9.97 Å². The molecular formula is C15H13N3O3. The maximum absolute atomic E-state index is 12.0. The van der Waals surface area contributed by atoms with Gasteiger partial charge in [-0.1, -0.05) is 6.07 Å². The summed E-state index contributed by atoms with van der Waals surface area (Å²) in [5.41, 5.74) is 2.02. The summed E-state index contributed by atoms with van der Waals surface area (Å²) in [5.74, 6) is -1.01. The molecule has 0 radical (unpaired) electrons. The van der Waals surface area contributed by atoms with E-state index in [1.165, 1.54) is 16.7 Å². The molecule has 3 rings (SSSR count). The summed E-state index contributed by atoms with van der Waals surface area (Å²) in [7, 11) is 0. The molecule has 2 aromatic heterocycles. The molecule has 0 unspecified atom stereocenters. The van der Waals surface area contributed by atoms with Crippen molar-refractivity contribution in [2.24, 2.45) is 0 Å². The predicted molar refractivity (Wildman–Crippen MR) is 77.5 cm³/mol. The van der Waals surface area contributed by atoms with Crippen LogP contribution in [0.15, 0.2) is 47.4 Å². The van der Waals surface area contributed by atoms with E-state index in [0.29, 0.717) is 24.0 Å². The molecule has 106 valence electrons. The van der Waals surface area contributed by atoms with Gasteiger partial charge in [-0.2, -0.15) is 0 Å². The van der Waals surface area contributed by atoms with Crippen LogP contribution in [0.1, 0.15) is 16.1 Å². The monoisotopic (exact) mass is 283 g/mol. The molecule has 0 saturated carbocycles. The fourth-order valence-corrected chi connectivity index (χ4v) is 2.28. The van der Waals surface area contributed by atoms with E-state index < -0.39 is 5.97 Å². The maximum atomic E-state index is 12.0. The van der Waals surface area contributed by atoms with Crippen LogP contribution in [0.25, 0.3) is 11.0 Å². The van der Waals surface area contributed by atoms with Crippen molar-refractivity contribution in [3.63, 3.8) is 0 Å². The van der Waals surface area contributed by atoms with Crippen LogP contribution >= 0.6 is 0 Å². The Labute approximate surface area is 119 Å². The van der Waals surface area contributed by atoms with Crippen molar-refractivity contribution < 1.29 is 9.90 Å². The molecule has 21 heavy (non-hydrogen) atoms. The summed E-state index contributed by atoms with van der Waals surface area (Å²) < 4.78 is 1.54. The van der Waals surface area contributed by atoms with Gasteiger partial charge in [-0.3, -0.25) is 9.55 Å². The Balaban J connectivity index is 1.97. The number of hydrogen-bond donors (Lipinski definition) is 2. The van der Waals surface area contributed by atoms with Crippen LogP contribution < -0.4 is 5.69 Å². The van der Waals surface area contributed by atoms with Gasteiger partial charge in [0.1, 0.15) is 0 Å². The molecule has 0 saturated heterocycles. The number of rotatable bonds is 4. The number of aryl methyl sites for hydroxylation is 2. The lowest BCUT2D eigenvalue weighted by Crippen LogP contribution is -2.18. The van der Waals surface area contributed by atoms with Crippen LogP contribution in [-0.4, -0.2) is 25.6 Å². The molecule has 3 aromatic rings. The summed E-state index contributed by atoms with van der Waals surface area (Å²) in [6, 6.07) is 10.2. The van der Waals surface area contributed by atoms with E-state index in [1.807, 2.05) is 18.2 Å². The number of nitrogens with one attached hydrogen (secondary N) is 1. The highest BCUT2D eigenvalue weighted by Gasteiger charge is 2.10. The molecule has 0 spiro atoms. The predicted octanol–water partition coefficient (Wildman–Crippen LogP) is 1.67. The molecule has 0 bridgehead atoms. The quantitative estimate of drug-likeness (QED) is 0.762. The zero-order valence-corrected chi connectivity index (χ0v) is 11.1. The van der Waals surface area contributed by atoms with Crippen molar-refractivity contribution in [2.45, 2.75) is 13.0 Å². The van der Waals surface area contributed by atoms with Crippen LogP contribution in [0.2, 0.25) is 0 Å². The van der Waals surface area contributed by atoms with Gasteiger partial charge in [0.25, 0.3) is 0 Å². The van der Waals surface area contributed by atoms with Crippen molar-refractivity contribution >= 4 is 17.0 Å². The first kappa shape index (κ1) is 13.1. The van der Waals surface area contributed by atoms with E-state index in [4.69, 9.17) is 5.11 Å². The third kappa shape index (κ3) is 2.55. The molecule has 6 heteroatoms.